The summed E-state index contributed by atoms with van der Waals surface area (Å²) in [7, 11) is 1.29. The van der Waals surface area contributed by atoms with E-state index in [1.807, 2.05) is 0 Å². The summed E-state index contributed by atoms with van der Waals surface area (Å²) in [6.45, 7) is 0. The summed E-state index contributed by atoms with van der Waals surface area (Å²) in [6.07, 6.45) is 1.34. The number of carbonyl (C=O) groups excluding carboxylic acids is 3. The first-order chi connectivity index (χ1) is 12.0. The van der Waals surface area contributed by atoms with Crippen LogP contribution in [0.5, 0.6) is 0 Å². The summed E-state index contributed by atoms with van der Waals surface area (Å²) < 4.78 is 4.59. The van der Waals surface area contributed by atoms with Gasteiger partial charge in [-0.25, -0.2) is 10.2 Å². The molecule has 128 valence electrons. The smallest absolute Gasteiger partial charge is 0.337 e. The Balaban J connectivity index is 1.89. The van der Waals surface area contributed by atoms with Gasteiger partial charge in [-0.1, -0.05) is 29.8 Å². The number of hydrazone groups is 1. The van der Waals surface area contributed by atoms with E-state index in [1.54, 1.807) is 42.5 Å². The second kappa shape index (κ2) is 8.60. The molecular formula is C17H14ClN3O4. The van der Waals surface area contributed by atoms with Crippen LogP contribution in [0.4, 0.5) is 5.69 Å². The summed E-state index contributed by atoms with van der Waals surface area (Å²) in [5.41, 5.74) is 3.53. The van der Waals surface area contributed by atoms with Crippen molar-refractivity contribution < 1.29 is 19.1 Å². The molecule has 0 spiro atoms. The Kier molecular flexibility index (Phi) is 6.25. The predicted octanol–water partition coefficient (Wildman–Crippen LogP) is 2.22. The summed E-state index contributed by atoms with van der Waals surface area (Å²) in [4.78, 5) is 34.7. The number of rotatable bonds is 4. The molecule has 0 bridgehead atoms. The van der Waals surface area contributed by atoms with Crippen LogP contribution < -0.4 is 10.7 Å². The van der Waals surface area contributed by atoms with Crippen molar-refractivity contribution in [2.24, 2.45) is 5.10 Å². The second-order valence-corrected chi connectivity index (χ2v) is 5.21. The van der Waals surface area contributed by atoms with Gasteiger partial charge in [0.1, 0.15) is 0 Å². The van der Waals surface area contributed by atoms with Crippen LogP contribution in [0.25, 0.3) is 0 Å². The van der Waals surface area contributed by atoms with E-state index in [0.29, 0.717) is 21.8 Å². The van der Waals surface area contributed by atoms with Gasteiger partial charge in [-0.05, 0) is 35.9 Å². The van der Waals surface area contributed by atoms with Crippen LogP contribution >= 0.6 is 11.6 Å². The summed E-state index contributed by atoms with van der Waals surface area (Å²) >= 11 is 5.79. The average Bonchev–Trinajstić information content (AvgIpc) is 2.61. The first-order valence-corrected chi connectivity index (χ1v) is 7.45. The van der Waals surface area contributed by atoms with Gasteiger partial charge in [0.2, 0.25) is 0 Å². The van der Waals surface area contributed by atoms with Crippen molar-refractivity contribution >= 4 is 41.3 Å². The van der Waals surface area contributed by atoms with Gasteiger partial charge in [-0.2, -0.15) is 5.10 Å². The van der Waals surface area contributed by atoms with Crippen LogP contribution in [0.2, 0.25) is 5.02 Å². The van der Waals surface area contributed by atoms with Gasteiger partial charge in [-0.3, -0.25) is 9.59 Å². The molecule has 7 nitrogen and oxygen atoms in total. The quantitative estimate of drug-likeness (QED) is 0.378. The number of nitrogens with zero attached hydrogens (tertiary/aromatic N) is 1. The zero-order valence-corrected chi connectivity index (χ0v) is 13.9. The highest BCUT2D eigenvalue weighted by atomic mass is 35.5. The number of ether oxygens (including phenoxy) is 1. The van der Waals surface area contributed by atoms with Crippen LogP contribution in [0.15, 0.2) is 53.6 Å². The number of halogens is 1. The van der Waals surface area contributed by atoms with E-state index in [-0.39, 0.29) is 0 Å². The highest BCUT2D eigenvalue weighted by Crippen LogP contribution is 2.14. The Hall–Kier alpha value is -3.19. The van der Waals surface area contributed by atoms with Crippen molar-refractivity contribution in [3.63, 3.8) is 0 Å². The van der Waals surface area contributed by atoms with Crippen molar-refractivity contribution in [1.29, 1.82) is 0 Å². The minimum Gasteiger partial charge on any atom is -0.465 e. The molecule has 0 saturated carbocycles. The second-order valence-electron chi connectivity index (χ2n) is 4.78. The van der Waals surface area contributed by atoms with Crippen molar-refractivity contribution in [2.45, 2.75) is 0 Å². The molecule has 0 aliphatic heterocycles. The van der Waals surface area contributed by atoms with Crippen LogP contribution in [-0.4, -0.2) is 31.1 Å². The van der Waals surface area contributed by atoms with Crippen molar-refractivity contribution in [2.75, 3.05) is 12.4 Å². The SMILES string of the molecule is COC(=O)c1ccc(C=NNC(=O)C(=O)Nc2cccc(Cl)c2)cc1. The Morgan fingerprint density at radius 2 is 1.80 bits per heavy atom. The van der Waals surface area contributed by atoms with Crippen molar-refractivity contribution in [3.05, 3.63) is 64.7 Å². The molecule has 0 atom stereocenters. The molecule has 0 aliphatic carbocycles. The predicted molar refractivity (Wildman–Crippen MR) is 93.6 cm³/mol. The maximum Gasteiger partial charge on any atom is 0.337 e. The fourth-order valence-corrected chi connectivity index (χ4v) is 1.98. The molecule has 0 fully saturated rings. The van der Waals surface area contributed by atoms with Gasteiger partial charge < -0.3 is 10.1 Å². The Morgan fingerprint density at radius 1 is 1.08 bits per heavy atom. The third-order valence-corrected chi connectivity index (χ3v) is 3.24. The normalized spacial score (nSPS) is 10.3. The standard InChI is InChI=1S/C17H14ClN3O4/c1-25-17(24)12-7-5-11(6-8-12)10-19-21-16(23)15(22)20-14-4-2-3-13(18)9-14/h2-10H,1H3,(H,20,22)(H,21,23). The maximum atomic E-state index is 11.7. The molecule has 2 rings (SSSR count). The lowest BCUT2D eigenvalue weighted by atomic mass is 10.1. The van der Waals surface area contributed by atoms with Gasteiger partial charge in [0.05, 0.1) is 18.9 Å². The number of hydrogen-bond donors (Lipinski definition) is 2. The number of amides is 2. The first kappa shape index (κ1) is 18.2. The van der Waals surface area contributed by atoms with Gasteiger partial charge in [0.25, 0.3) is 0 Å². The highest BCUT2D eigenvalue weighted by molar-refractivity contribution is 6.39. The number of hydrogen-bond acceptors (Lipinski definition) is 5. The third-order valence-electron chi connectivity index (χ3n) is 3.00. The Bertz CT molecular complexity index is 819. The zero-order valence-electron chi connectivity index (χ0n) is 13.2. The molecule has 0 unspecified atom stereocenters. The molecule has 0 radical (unpaired) electrons. The van der Waals surface area contributed by atoms with Crippen LogP contribution in [0.3, 0.4) is 0 Å². The molecule has 8 heteroatoms. The van der Waals surface area contributed by atoms with E-state index in [1.165, 1.54) is 19.4 Å². The molecule has 0 saturated heterocycles. The van der Waals surface area contributed by atoms with Gasteiger partial charge >= 0.3 is 17.8 Å². The maximum absolute atomic E-state index is 11.7. The number of carbonyl (C=O) groups is 3. The van der Waals surface area contributed by atoms with E-state index in [0.717, 1.165) is 0 Å². The summed E-state index contributed by atoms with van der Waals surface area (Å²) in [5, 5.41) is 6.52. The van der Waals surface area contributed by atoms with Gasteiger partial charge in [-0.15, -0.1) is 0 Å². The van der Waals surface area contributed by atoms with E-state index >= 15 is 0 Å². The lowest BCUT2D eigenvalue weighted by molar-refractivity contribution is -0.136. The minimum atomic E-state index is -0.928. The minimum absolute atomic E-state index is 0.393. The van der Waals surface area contributed by atoms with E-state index < -0.39 is 17.8 Å². The Labute approximate surface area is 148 Å². The molecular weight excluding hydrogens is 346 g/mol. The zero-order chi connectivity index (χ0) is 18.2. The largest absolute Gasteiger partial charge is 0.465 e. The van der Waals surface area contributed by atoms with Gasteiger partial charge in [0, 0.05) is 10.7 Å². The number of benzene rings is 2. The molecule has 2 aromatic rings. The van der Waals surface area contributed by atoms with Crippen LogP contribution in [0.1, 0.15) is 15.9 Å². The Morgan fingerprint density at radius 3 is 2.44 bits per heavy atom. The monoisotopic (exact) mass is 359 g/mol. The van der Waals surface area contributed by atoms with Crippen molar-refractivity contribution in [1.82, 2.24) is 5.43 Å². The molecule has 2 N–H and O–H groups in total. The van der Waals surface area contributed by atoms with Gasteiger partial charge in [0.15, 0.2) is 0 Å². The third kappa shape index (κ3) is 5.43. The molecule has 0 heterocycles. The molecule has 0 aliphatic rings. The summed E-state index contributed by atoms with van der Waals surface area (Å²) in [6, 6.07) is 12.8. The number of anilines is 1. The van der Waals surface area contributed by atoms with Crippen LogP contribution in [0, 0.1) is 0 Å². The van der Waals surface area contributed by atoms with E-state index in [4.69, 9.17) is 11.6 Å². The number of esters is 1. The lowest BCUT2D eigenvalue weighted by Gasteiger charge is -2.04. The van der Waals surface area contributed by atoms with Crippen LogP contribution in [-0.2, 0) is 14.3 Å². The first-order valence-electron chi connectivity index (χ1n) is 7.08. The molecule has 0 aromatic heterocycles. The van der Waals surface area contributed by atoms with E-state index in [2.05, 4.69) is 20.6 Å². The lowest BCUT2D eigenvalue weighted by Crippen LogP contribution is -2.32. The number of nitrogens with one attached hydrogen (secondary N) is 2. The van der Waals surface area contributed by atoms with Crippen molar-refractivity contribution in [3.8, 4) is 0 Å². The topological polar surface area (TPSA) is 96.9 Å². The highest BCUT2D eigenvalue weighted by Gasteiger charge is 2.12. The fourth-order valence-electron chi connectivity index (χ4n) is 1.79. The summed E-state index contributed by atoms with van der Waals surface area (Å²) in [5.74, 6) is -2.25. The molecule has 25 heavy (non-hydrogen) atoms. The number of methoxy groups -OCH3 is 1. The molecule has 2 aromatic carbocycles. The molecule has 2 amide bonds. The average molecular weight is 360 g/mol. The fraction of sp³-hybridized carbons (Fsp3) is 0.0588. The van der Waals surface area contributed by atoms with E-state index in [9.17, 15) is 14.4 Å².